The van der Waals surface area contributed by atoms with E-state index in [1.807, 2.05) is 60.8 Å². The molecule has 0 saturated carbocycles. The van der Waals surface area contributed by atoms with Crippen molar-refractivity contribution in [1.29, 1.82) is 0 Å². The topological polar surface area (TPSA) is 70.7 Å². The van der Waals surface area contributed by atoms with E-state index in [1.165, 1.54) is 0 Å². The average molecular weight is 328 g/mol. The Morgan fingerprint density at radius 3 is 2.44 bits per heavy atom. The van der Waals surface area contributed by atoms with E-state index < -0.39 is 0 Å². The molecule has 0 aliphatic rings. The molecule has 0 bridgehead atoms. The van der Waals surface area contributed by atoms with Crippen molar-refractivity contribution >= 4 is 22.8 Å². The predicted molar refractivity (Wildman–Crippen MR) is 98.1 cm³/mol. The molecule has 2 aromatic heterocycles. The highest BCUT2D eigenvalue weighted by Crippen LogP contribution is 2.19. The van der Waals surface area contributed by atoms with Gasteiger partial charge in [0.15, 0.2) is 0 Å². The third-order valence-electron chi connectivity index (χ3n) is 4.04. The molecule has 0 unspecified atom stereocenters. The van der Waals surface area contributed by atoms with Gasteiger partial charge in [0.2, 0.25) is 11.9 Å². The molecular weight excluding hydrogens is 312 g/mol. The zero-order valence-electron chi connectivity index (χ0n) is 13.4. The lowest BCUT2D eigenvalue weighted by atomic mass is 10.1. The molecule has 122 valence electrons. The van der Waals surface area contributed by atoms with Gasteiger partial charge in [-0.05, 0) is 17.2 Å². The minimum absolute atomic E-state index is 0.141. The number of hydrogen-bond donors (Lipinski definition) is 2. The number of nitrogens with one attached hydrogen (secondary N) is 2. The number of rotatable bonds is 4. The van der Waals surface area contributed by atoms with Gasteiger partial charge in [-0.25, -0.2) is 9.97 Å². The molecule has 4 aromatic rings. The quantitative estimate of drug-likeness (QED) is 0.598. The van der Waals surface area contributed by atoms with Crippen LogP contribution in [0.1, 0.15) is 5.56 Å². The highest BCUT2D eigenvalue weighted by molar-refractivity contribution is 5.94. The minimum Gasteiger partial charge on any atom is -0.361 e. The third-order valence-corrected chi connectivity index (χ3v) is 4.04. The molecule has 0 fully saturated rings. The lowest BCUT2D eigenvalue weighted by Crippen LogP contribution is -2.16. The van der Waals surface area contributed by atoms with Gasteiger partial charge in [0, 0.05) is 35.1 Å². The van der Waals surface area contributed by atoms with E-state index in [4.69, 9.17) is 0 Å². The van der Waals surface area contributed by atoms with Crippen LogP contribution in [0.3, 0.4) is 0 Å². The average Bonchev–Trinajstić information content (AvgIpc) is 3.06. The van der Waals surface area contributed by atoms with E-state index in [9.17, 15) is 4.79 Å². The van der Waals surface area contributed by atoms with E-state index in [-0.39, 0.29) is 12.3 Å². The van der Waals surface area contributed by atoms with Crippen LogP contribution in [-0.2, 0) is 11.2 Å². The normalized spacial score (nSPS) is 10.7. The van der Waals surface area contributed by atoms with Crippen LogP contribution in [0.2, 0.25) is 0 Å². The summed E-state index contributed by atoms with van der Waals surface area (Å²) in [5.74, 6) is 0.168. The minimum atomic E-state index is -0.141. The molecule has 0 aliphatic heterocycles. The first-order valence-corrected chi connectivity index (χ1v) is 8.02. The summed E-state index contributed by atoms with van der Waals surface area (Å²) in [7, 11) is 0. The Morgan fingerprint density at radius 1 is 0.920 bits per heavy atom. The van der Waals surface area contributed by atoms with Crippen molar-refractivity contribution in [3.8, 4) is 11.1 Å². The number of hydrogen-bond acceptors (Lipinski definition) is 3. The smallest absolute Gasteiger partial charge is 0.231 e. The first kappa shape index (κ1) is 15.1. The zero-order chi connectivity index (χ0) is 17.1. The van der Waals surface area contributed by atoms with Crippen LogP contribution in [0.4, 0.5) is 5.95 Å². The second-order valence-electron chi connectivity index (χ2n) is 5.75. The van der Waals surface area contributed by atoms with Crippen LogP contribution < -0.4 is 5.32 Å². The van der Waals surface area contributed by atoms with Crippen LogP contribution in [0.15, 0.2) is 73.2 Å². The second kappa shape index (κ2) is 6.57. The summed E-state index contributed by atoms with van der Waals surface area (Å²) < 4.78 is 0. The number of aromatic nitrogens is 3. The molecule has 0 aliphatic carbocycles. The van der Waals surface area contributed by atoms with Gasteiger partial charge in [0.25, 0.3) is 0 Å². The molecular formula is C20H16N4O. The van der Waals surface area contributed by atoms with Gasteiger partial charge in [0.1, 0.15) is 0 Å². The number of nitrogens with zero attached hydrogens (tertiary/aromatic N) is 2. The number of para-hydroxylation sites is 1. The second-order valence-corrected chi connectivity index (χ2v) is 5.75. The predicted octanol–water partition coefficient (Wildman–Crippen LogP) is 3.81. The Kier molecular flexibility index (Phi) is 3.96. The van der Waals surface area contributed by atoms with E-state index in [1.54, 1.807) is 12.4 Å². The number of carbonyl (C=O) groups excluding carboxylic acids is 1. The number of H-pyrrole nitrogens is 1. The van der Waals surface area contributed by atoms with Crippen molar-refractivity contribution in [2.75, 3.05) is 5.32 Å². The largest absolute Gasteiger partial charge is 0.361 e. The highest BCUT2D eigenvalue weighted by Gasteiger charge is 2.10. The van der Waals surface area contributed by atoms with E-state index in [0.29, 0.717) is 5.95 Å². The fourth-order valence-electron chi connectivity index (χ4n) is 2.79. The highest BCUT2D eigenvalue weighted by atomic mass is 16.1. The molecule has 5 nitrogen and oxygen atoms in total. The van der Waals surface area contributed by atoms with Gasteiger partial charge in [-0.3, -0.25) is 10.1 Å². The van der Waals surface area contributed by atoms with Gasteiger partial charge >= 0.3 is 0 Å². The molecule has 0 atom stereocenters. The van der Waals surface area contributed by atoms with E-state index in [2.05, 4.69) is 20.3 Å². The van der Waals surface area contributed by atoms with Crippen molar-refractivity contribution in [2.24, 2.45) is 0 Å². The monoisotopic (exact) mass is 328 g/mol. The fourth-order valence-corrected chi connectivity index (χ4v) is 2.79. The third kappa shape index (κ3) is 3.26. The summed E-state index contributed by atoms with van der Waals surface area (Å²) in [5.41, 5.74) is 3.93. The van der Waals surface area contributed by atoms with Crippen molar-refractivity contribution in [3.05, 3.63) is 78.8 Å². The number of aromatic amines is 1. The Hall–Kier alpha value is -3.47. The van der Waals surface area contributed by atoms with E-state index in [0.717, 1.165) is 27.6 Å². The van der Waals surface area contributed by atoms with Crippen molar-refractivity contribution < 1.29 is 4.79 Å². The Labute approximate surface area is 144 Å². The first-order chi connectivity index (χ1) is 12.3. The van der Waals surface area contributed by atoms with Crippen molar-refractivity contribution in [3.63, 3.8) is 0 Å². The molecule has 1 amide bonds. The van der Waals surface area contributed by atoms with Crippen molar-refractivity contribution in [1.82, 2.24) is 15.0 Å². The molecule has 2 N–H and O–H groups in total. The van der Waals surface area contributed by atoms with Gasteiger partial charge in [-0.15, -0.1) is 0 Å². The fraction of sp³-hybridized carbons (Fsp3) is 0.0500. The van der Waals surface area contributed by atoms with E-state index >= 15 is 0 Å². The standard InChI is InChI=1S/C20H16N4O/c25-19(10-15-11-21-18-9-5-4-8-17(15)18)24-20-22-12-16(13-23-20)14-6-2-1-3-7-14/h1-9,11-13,21H,10H2,(H,22,23,24,25). The van der Waals surface area contributed by atoms with Gasteiger partial charge in [-0.1, -0.05) is 48.5 Å². The molecule has 5 heteroatoms. The molecule has 0 saturated heterocycles. The van der Waals surface area contributed by atoms with Crippen molar-refractivity contribution in [2.45, 2.75) is 6.42 Å². The number of carbonyl (C=O) groups is 1. The summed E-state index contributed by atoms with van der Waals surface area (Å²) >= 11 is 0. The van der Waals surface area contributed by atoms with Crippen LogP contribution >= 0.6 is 0 Å². The van der Waals surface area contributed by atoms with Crippen LogP contribution in [0.5, 0.6) is 0 Å². The maximum Gasteiger partial charge on any atom is 0.231 e. The summed E-state index contributed by atoms with van der Waals surface area (Å²) in [6.45, 7) is 0. The summed E-state index contributed by atoms with van der Waals surface area (Å²) in [6.07, 6.45) is 5.56. The first-order valence-electron chi connectivity index (χ1n) is 8.02. The number of benzene rings is 2. The number of fused-ring (bicyclic) bond motifs is 1. The Bertz CT molecular complexity index is 1010. The van der Waals surface area contributed by atoms with Crippen LogP contribution in [0.25, 0.3) is 22.0 Å². The number of amides is 1. The summed E-state index contributed by atoms with van der Waals surface area (Å²) in [6, 6.07) is 17.8. The Balaban J connectivity index is 1.46. The molecule has 4 rings (SSSR count). The zero-order valence-corrected chi connectivity index (χ0v) is 13.4. The SMILES string of the molecule is O=C(Cc1c[nH]c2ccccc12)Nc1ncc(-c2ccccc2)cn1. The van der Waals surface area contributed by atoms with Crippen LogP contribution in [0, 0.1) is 0 Å². The van der Waals surface area contributed by atoms with Gasteiger partial charge in [0.05, 0.1) is 6.42 Å². The molecule has 2 aromatic carbocycles. The molecule has 0 radical (unpaired) electrons. The number of anilines is 1. The van der Waals surface area contributed by atoms with Crippen LogP contribution in [-0.4, -0.2) is 20.9 Å². The molecule has 25 heavy (non-hydrogen) atoms. The lowest BCUT2D eigenvalue weighted by Gasteiger charge is -2.05. The maximum absolute atomic E-state index is 12.3. The molecule has 0 spiro atoms. The van der Waals surface area contributed by atoms with Gasteiger partial charge < -0.3 is 4.98 Å². The summed E-state index contributed by atoms with van der Waals surface area (Å²) in [4.78, 5) is 23.9. The van der Waals surface area contributed by atoms with Gasteiger partial charge in [-0.2, -0.15) is 0 Å². The molecule has 2 heterocycles. The Morgan fingerprint density at radius 2 is 1.64 bits per heavy atom. The maximum atomic E-state index is 12.3. The summed E-state index contributed by atoms with van der Waals surface area (Å²) in [5, 5.41) is 3.80. The lowest BCUT2D eigenvalue weighted by molar-refractivity contribution is -0.115.